The highest BCUT2D eigenvalue weighted by Crippen LogP contribution is 2.20. The molecule has 6 nitrogen and oxygen atoms in total. The van der Waals surface area contributed by atoms with Crippen molar-refractivity contribution in [3.05, 3.63) is 52.3 Å². The number of piperazine rings is 1. The lowest BCUT2D eigenvalue weighted by Gasteiger charge is -2.34. The van der Waals surface area contributed by atoms with E-state index in [1.54, 1.807) is 0 Å². The molecule has 2 heterocycles. The zero-order chi connectivity index (χ0) is 18.7. The average Bonchev–Trinajstić information content (AvgIpc) is 2.61. The van der Waals surface area contributed by atoms with Crippen LogP contribution in [0.3, 0.4) is 0 Å². The van der Waals surface area contributed by atoms with Crippen LogP contribution in [0.2, 0.25) is 0 Å². The Hall–Kier alpha value is -2.55. The Labute approximate surface area is 148 Å². The third-order valence-corrected chi connectivity index (χ3v) is 4.23. The SMILES string of the molecule is C[C@@H]1CNCCN1c1nccn(CCOc2cc(F)c(F)cc2F)c1=O. The molecular formula is C17H19F3N4O2. The Morgan fingerprint density at radius 1 is 1.27 bits per heavy atom. The minimum atomic E-state index is -1.28. The number of nitrogens with zero attached hydrogens (tertiary/aromatic N) is 3. The van der Waals surface area contributed by atoms with Crippen LogP contribution in [0.4, 0.5) is 19.0 Å². The summed E-state index contributed by atoms with van der Waals surface area (Å²) in [6.45, 7) is 4.23. The van der Waals surface area contributed by atoms with Crippen LogP contribution < -0.4 is 20.5 Å². The van der Waals surface area contributed by atoms with E-state index in [1.807, 2.05) is 11.8 Å². The van der Waals surface area contributed by atoms with Gasteiger partial charge in [-0.2, -0.15) is 0 Å². The summed E-state index contributed by atoms with van der Waals surface area (Å²) in [6.07, 6.45) is 3.02. The number of halogens is 3. The van der Waals surface area contributed by atoms with E-state index in [9.17, 15) is 18.0 Å². The summed E-state index contributed by atoms with van der Waals surface area (Å²) >= 11 is 0. The monoisotopic (exact) mass is 368 g/mol. The first-order valence-electron chi connectivity index (χ1n) is 8.27. The summed E-state index contributed by atoms with van der Waals surface area (Å²) in [4.78, 5) is 18.7. The van der Waals surface area contributed by atoms with Gasteiger partial charge >= 0.3 is 0 Å². The highest BCUT2D eigenvalue weighted by molar-refractivity contribution is 5.38. The maximum Gasteiger partial charge on any atom is 0.293 e. The second kappa shape index (κ2) is 7.77. The number of ether oxygens (including phenoxy) is 1. The molecule has 1 aliphatic heterocycles. The first kappa shape index (κ1) is 18.2. The Balaban J connectivity index is 1.70. The summed E-state index contributed by atoms with van der Waals surface area (Å²) < 4.78 is 46.2. The molecule has 1 aromatic carbocycles. The fourth-order valence-corrected chi connectivity index (χ4v) is 2.83. The average molecular weight is 368 g/mol. The van der Waals surface area contributed by atoms with E-state index >= 15 is 0 Å². The van der Waals surface area contributed by atoms with Crippen LogP contribution in [-0.2, 0) is 6.54 Å². The molecule has 0 radical (unpaired) electrons. The fourth-order valence-electron chi connectivity index (χ4n) is 2.83. The molecule has 140 valence electrons. The summed E-state index contributed by atoms with van der Waals surface area (Å²) in [5.74, 6) is -3.53. The van der Waals surface area contributed by atoms with Crippen LogP contribution in [0.15, 0.2) is 29.3 Å². The molecule has 1 atom stereocenters. The second-order valence-electron chi connectivity index (χ2n) is 6.04. The number of anilines is 1. The summed E-state index contributed by atoms with van der Waals surface area (Å²) in [7, 11) is 0. The summed E-state index contributed by atoms with van der Waals surface area (Å²) in [5.41, 5.74) is -0.282. The number of hydrogen-bond donors (Lipinski definition) is 1. The maximum atomic E-state index is 13.6. The molecule has 0 saturated carbocycles. The third kappa shape index (κ3) is 3.82. The molecule has 1 saturated heterocycles. The van der Waals surface area contributed by atoms with Crippen LogP contribution in [0.5, 0.6) is 5.75 Å². The van der Waals surface area contributed by atoms with E-state index in [0.717, 1.165) is 13.1 Å². The zero-order valence-electron chi connectivity index (χ0n) is 14.2. The van der Waals surface area contributed by atoms with Gasteiger partial charge < -0.3 is 19.5 Å². The highest BCUT2D eigenvalue weighted by atomic mass is 19.2. The standard InChI is InChI=1S/C17H19F3N4O2/c1-11-10-21-2-5-24(11)16-17(25)23(4-3-22-16)6-7-26-15-9-13(19)12(18)8-14(15)20/h3-4,8-9,11,21H,2,5-7,10H2,1H3/t11-/m1/s1. The second-order valence-corrected chi connectivity index (χ2v) is 6.04. The summed E-state index contributed by atoms with van der Waals surface area (Å²) in [6, 6.07) is 1.20. The van der Waals surface area contributed by atoms with Gasteiger partial charge in [0.05, 0.1) is 6.54 Å². The molecule has 1 aliphatic rings. The first-order valence-corrected chi connectivity index (χ1v) is 8.27. The smallest absolute Gasteiger partial charge is 0.293 e. The quantitative estimate of drug-likeness (QED) is 0.812. The van der Waals surface area contributed by atoms with Crippen molar-refractivity contribution in [2.24, 2.45) is 0 Å². The topological polar surface area (TPSA) is 59.4 Å². The lowest BCUT2D eigenvalue weighted by molar-refractivity contribution is 0.279. The number of aromatic nitrogens is 2. The van der Waals surface area contributed by atoms with Crippen molar-refractivity contribution in [1.29, 1.82) is 0 Å². The number of hydrogen-bond acceptors (Lipinski definition) is 5. The van der Waals surface area contributed by atoms with Crippen molar-refractivity contribution in [1.82, 2.24) is 14.9 Å². The maximum absolute atomic E-state index is 13.6. The van der Waals surface area contributed by atoms with Gasteiger partial charge in [0.2, 0.25) is 0 Å². The number of rotatable bonds is 5. The molecule has 1 N–H and O–H groups in total. The van der Waals surface area contributed by atoms with E-state index < -0.39 is 23.2 Å². The molecular weight excluding hydrogens is 349 g/mol. The molecule has 0 aliphatic carbocycles. The van der Waals surface area contributed by atoms with Crippen LogP contribution in [0.1, 0.15) is 6.92 Å². The van der Waals surface area contributed by atoms with Crippen molar-refractivity contribution >= 4 is 5.82 Å². The Morgan fingerprint density at radius 2 is 2.04 bits per heavy atom. The van der Waals surface area contributed by atoms with Crippen molar-refractivity contribution < 1.29 is 17.9 Å². The molecule has 3 rings (SSSR count). The van der Waals surface area contributed by atoms with E-state index in [-0.39, 0.29) is 24.8 Å². The molecule has 0 unspecified atom stereocenters. The third-order valence-electron chi connectivity index (χ3n) is 4.23. The molecule has 2 aromatic rings. The fraction of sp³-hybridized carbons (Fsp3) is 0.412. The molecule has 0 spiro atoms. The minimum absolute atomic E-state index is 0.0809. The minimum Gasteiger partial charge on any atom is -0.489 e. The lowest BCUT2D eigenvalue weighted by Crippen LogP contribution is -2.52. The van der Waals surface area contributed by atoms with Crippen LogP contribution in [0, 0.1) is 17.5 Å². The van der Waals surface area contributed by atoms with Gasteiger partial charge in [-0.05, 0) is 6.92 Å². The zero-order valence-corrected chi connectivity index (χ0v) is 14.2. The van der Waals surface area contributed by atoms with Crippen molar-refractivity contribution in [2.45, 2.75) is 19.5 Å². The van der Waals surface area contributed by atoms with Crippen molar-refractivity contribution in [3.8, 4) is 5.75 Å². The van der Waals surface area contributed by atoms with Crippen molar-refractivity contribution in [2.75, 3.05) is 31.1 Å². The van der Waals surface area contributed by atoms with E-state index in [1.165, 1.54) is 17.0 Å². The Kier molecular flexibility index (Phi) is 5.46. The van der Waals surface area contributed by atoms with Gasteiger partial charge in [-0.3, -0.25) is 4.79 Å². The molecule has 26 heavy (non-hydrogen) atoms. The van der Waals surface area contributed by atoms with Gasteiger partial charge in [0.25, 0.3) is 5.56 Å². The molecule has 0 amide bonds. The largest absolute Gasteiger partial charge is 0.489 e. The molecule has 9 heteroatoms. The molecule has 1 aromatic heterocycles. The van der Waals surface area contributed by atoms with Gasteiger partial charge in [0.15, 0.2) is 29.0 Å². The molecule has 1 fully saturated rings. The van der Waals surface area contributed by atoms with E-state index in [4.69, 9.17) is 4.74 Å². The van der Waals surface area contributed by atoms with Crippen LogP contribution in [-0.4, -0.2) is 41.8 Å². The van der Waals surface area contributed by atoms with Crippen LogP contribution >= 0.6 is 0 Å². The normalized spacial score (nSPS) is 17.4. The van der Waals surface area contributed by atoms with E-state index in [2.05, 4.69) is 10.3 Å². The van der Waals surface area contributed by atoms with E-state index in [0.29, 0.717) is 24.5 Å². The Morgan fingerprint density at radius 3 is 2.81 bits per heavy atom. The highest BCUT2D eigenvalue weighted by Gasteiger charge is 2.22. The van der Waals surface area contributed by atoms with Gasteiger partial charge in [0.1, 0.15) is 6.61 Å². The van der Waals surface area contributed by atoms with Crippen molar-refractivity contribution in [3.63, 3.8) is 0 Å². The predicted octanol–water partition coefficient (Wildman–Crippen LogP) is 1.54. The number of benzene rings is 1. The Bertz CT molecular complexity index is 843. The summed E-state index contributed by atoms with van der Waals surface area (Å²) in [5, 5.41) is 3.24. The van der Waals surface area contributed by atoms with Gasteiger partial charge in [-0.25, -0.2) is 18.2 Å². The van der Waals surface area contributed by atoms with Gasteiger partial charge in [-0.15, -0.1) is 0 Å². The lowest BCUT2D eigenvalue weighted by atomic mass is 10.2. The predicted molar refractivity (Wildman–Crippen MR) is 90.0 cm³/mol. The molecule has 0 bridgehead atoms. The van der Waals surface area contributed by atoms with Gasteiger partial charge in [-0.1, -0.05) is 0 Å². The van der Waals surface area contributed by atoms with Gasteiger partial charge in [0, 0.05) is 50.2 Å². The number of nitrogens with one attached hydrogen (secondary N) is 1. The van der Waals surface area contributed by atoms with Crippen LogP contribution in [0.25, 0.3) is 0 Å². The first-order chi connectivity index (χ1) is 12.5.